The number of carbonyl (C=O) groups excluding carboxylic acids is 3. The van der Waals surface area contributed by atoms with Gasteiger partial charge in [0, 0.05) is 29.8 Å². The number of oxime groups is 1. The summed E-state index contributed by atoms with van der Waals surface area (Å²) < 4.78 is 41.7. The SMILES string of the molecule is COc1cc(OC)c(CN2C[C@@H](Cc3cc(Cl)ccc3OC)C(=O)N(C(=O)N[C@H](C)c3ccc(C(=O)OC(C)(C)C)c([N+](=O)[O-])c3)CC2=NOc2ccc(F)cc2)c(OC)c1. The summed E-state index contributed by atoms with van der Waals surface area (Å²) in [6.07, 6.45) is 0.0553. The molecule has 0 bridgehead atoms. The second kappa shape index (κ2) is 19.6. The van der Waals surface area contributed by atoms with Crippen molar-refractivity contribution in [1.29, 1.82) is 0 Å². The van der Waals surface area contributed by atoms with Gasteiger partial charge < -0.3 is 38.7 Å². The number of carbonyl (C=O) groups is 3. The number of halogens is 2. The average Bonchev–Trinajstić information content (AvgIpc) is 3.34. The van der Waals surface area contributed by atoms with E-state index in [9.17, 15) is 28.9 Å². The number of nitrogens with one attached hydrogen (secondary N) is 1. The van der Waals surface area contributed by atoms with Crippen LogP contribution in [-0.4, -0.2) is 85.6 Å². The van der Waals surface area contributed by atoms with Gasteiger partial charge >= 0.3 is 12.0 Å². The number of amides is 3. The van der Waals surface area contributed by atoms with Crippen LogP contribution in [-0.2, 0) is 22.5 Å². The van der Waals surface area contributed by atoms with Crippen LogP contribution in [0.25, 0.3) is 0 Å². The Morgan fingerprint density at radius 3 is 2.18 bits per heavy atom. The number of imide groups is 1. The molecule has 16 nitrogen and oxygen atoms in total. The first-order valence-corrected chi connectivity index (χ1v) is 19.3. The van der Waals surface area contributed by atoms with Crippen molar-refractivity contribution in [2.75, 3.05) is 41.5 Å². The molecule has 1 fully saturated rings. The molecule has 61 heavy (non-hydrogen) atoms. The van der Waals surface area contributed by atoms with Gasteiger partial charge in [0.2, 0.25) is 5.91 Å². The lowest BCUT2D eigenvalue weighted by Gasteiger charge is -2.27. The number of hydrogen-bond acceptors (Lipinski definition) is 12. The average molecular weight is 864 g/mol. The van der Waals surface area contributed by atoms with E-state index in [0.29, 0.717) is 39.1 Å². The van der Waals surface area contributed by atoms with Crippen LogP contribution in [0, 0.1) is 21.8 Å². The molecule has 18 heteroatoms. The van der Waals surface area contributed by atoms with Crippen LogP contribution < -0.4 is 29.1 Å². The lowest BCUT2D eigenvalue weighted by molar-refractivity contribution is -0.385. The smallest absolute Gasteiger partial charge is 0.345 e. The van der Waals surface area contributed by atoms with Gasteiger partial charge in [-0.3, -0.25) is 19.8 Å². The molecule has 0 aliphatic carbocycles. The summed E-state index contributed by atoms with van der Waals surface area (Å²) in [4.78, 5) is 61.9. The molecule has 1 N–H and O–H groups in total. The highest BCUT2D eigenvalue weighted by Crippen LogP contribution is 2.36. The fourth-order valence-electron chi connectivity index (χ4n) is 6.57. The topological polar surface area (TPSA) is 181 Å². The Kier molecular flexibility index (Phi) is 14.6. The van der Waals surface area contributed by atoms with Gasteiger partial charge in [0.25, 0.3) is 5.69 Å². The molecule has 1 saturated heterocycles. The van der Waals surface area contributed by atoms with Crippen molar-refractivity contribution in [3.63, 3.8) is 0 Å². The molecule has 2 atom stereocenters. The zero-order chi connectivity index (χ0) is 44.6. The lowest BCUT2D eigenvalue weighted by atomic mass is 9.96. The summed E-state index contributed by atoms with van der Waals surface area (Å²) in [6, 6.07) is 15.6. The van der Waals surface area contributed by atoms with E-state index in [0.717, 1.165) is 4.90 Å². The Labute approximate surface area is 357 Å². The Morgan fingerprint density at radius 1 is 0.934 bits per heavy atom. The molecule has 4 aromatic carbocycles. The number of ether oxygens (including phenoxy) is 5. The third-order valence-electron chi connectivity index (χ3n) is 9.59. The number of esters is 1. The third-order valence-corrected chi connectivity index (χ3v) is 9.82. The molecule has 1 aliphatic rings. The number of benzene rings is 4. The Bertz CT molecular complexity index is 2280. The maximum Gasteiger partial charge on any atom is 0.345 e. The van der Waals surface area contributed by atoms with Crippen molar-refractivity contribution in [1.82, 2.24) is 15.1 Å². The molecule has 1 aliphatic heterocycles. The first-order chi connectivity index (χ1) is 28.9. The Morgan fingerprint density at radius 2 is 1.59 bits per heavy atom. The second-order valence-corrected chi connectivity index (χ2v) is 15.4. The van der Waals surface area contributed by atoms with Crippen molar-refractivity contribution < 1.29 is 52.2 Å². The normalized spacial score (nSPS) is 15.4. The molecule has 324 valence electrons. The van der Waals surface area contributed by atoms with Crippen LogP contribution in [0.15, 0.2) is 78.0 Å². The minimum Gasteiger partial charge on any atom is -0.496 e. The fourth-order valence-corrected chi connectivity index (χ4v) is 6.77. The summed E-state index contributed by atoms with van der Waals surface area (Å²) in [7, 11) is 5.95. The second-order valence-electron chi connectivity index (χ2n) is 14.9. The number of nitro benzene ring substituents is 1. The van der Waals surface area contributed by atoms with E-state index in [-0.39, 0.29) is 42.2 Å². The van der Waals surface area contributed by atoms with E-state index < -0.39 is 58.4 Å². The summed E-state index contributed by atoms with van der Waals surface area (Å²) in [6.45, 7) is 6.05. The molecule has 4 aromatic rings. The van der Waals surface area contributed by atoms with Crippen LogP contribution >= 0.6 is 11.6 Å². The molecule has 3 amide bonds. The first-order valence-electron chi connectivity index (χ1n) is 18.9. The maximum atomic E-state index is 14.8. The van der Waals surface area contributed by atoms with Crippen LogP contribution in [0.5, 0.6) is 28.7 Å². The molecule has 0 aromatic heterocycles. The number of methoxy groups -OCH3 is 4. The number of hydrogen-bond donors (Lipinski definition) is 1. The monoisotopic (exact) mass is 863 g/mol. The summed E-state index contributed by atoms with van der Waals surface area (Å²) in [5.74, 6) is -0.942. The molecule has 0 saturated carbocycles. The van der Waals surface area contributed by atoms with Crippen molar-refractivity contribution in [2.45, 2.75) is 52.3 Å². The van der Waals surface area contributed by atoms with Gasteiger partial charge in [-0.1, -0.05) is 22.8 Å². The van der Waals surface area contributed by atoms with Gasteiger partial charge in [-0.2, -0.15) is 0 Å². The van der Waals surface area contributed by atoms with Crippen molar-refractivity contribution in [2.24, 2.45) is 11.1 Å². The molecule has 0 radical (unpaired) electrons. The number of nitro groups is 1. The Hall–Kier alpha value is -6.62. The largest absolute Gasteiger partial charge is 0.496 e. The predicted octanol–water partition coefficient (Wildman–Crippen LogP) is 7.74. The highest BCUT2D eigenvalue weighted by molar-refractivity contribution is 6.30. The summed E-state index contributed by atoms with van der Waals surface area (Å²) in [5.41, 5.74) is -0.298. The molecule has 1 heterocycles. The fraction of sp³-hybridized carbons (Fsp3) is 0.349. The zero-order valence-corrected chi connectivity index (χ0v) is 35.7. The number of amidine groups is 1. The zero-order valence-electron chi connectivity index (χ0n) is 34.9. The number of urea groups is 1. The third kappa shape index (κ3) is 11.4. The van der Waals surface area contributed by atoms with E-state index in [2.05, 4.69) is 10.5 Å². The van der Waals surface area contributed by atoms with Crippen LogP contribution in [0.2, 0.25) is 5.02 Å². The maximum absolute atomic E-state index is 14.8. The van der Waals surface area contributed by atoms with Crippen molar-refractivity contribution in [3.8, 4) is 28.7 Å². The Balaban J connectivity index is 1.59. The van der Waals surface area contributed by atoms with Gasteiger partial charge in [0.15, 0.2) is 11.6 Å². The van der Waals surface area contributed by atoms with Crippen LogP contribution in [0.3, 0.4) is 0 Å². The van der Waals surface area contributed by atoms with Gasteiger partial charge in [0.05, 0.1) is 64.0 Å². The van der Waals surface area contributed by atoms with Gasteiger partial charge in [-0.15, -0.1) is 0 Å². The first kappa shape index (κ1) is 45.5. The van der Waals surface area contributed by atoms with E-state index in [1.807, 2.05) is 0 Å². The van der Waals surface area contributed by atoms with Crippen molar-refractivity contribution >= 4 is 41.0 Å². The quantitative estimate of drug-likeness (QED) is 0.0741. The van der Waals surface area contributed by atoms with Gasteiger partial charge in [0.1, 0.15) is 40.0 Å². The summed E-state index contributed by atoms with van der Waals surface area (Å²) in [5, 5.41) is 19.7. The van der Waals surface area contributed by atoms with Crippen LogP contribution in [0.4, 0.5) is 14.9 Å². The van der Waals surface area contributed by atoms with Crippen molar-refractivity contribution in [3.05, 3.63) is 116 Å². The van der Waals surface area contributed by atoms with E-state index in [1.54, 1.807) is 62.9 Å². The van der Waals surface area contributed by atoms with Gasteiger partial charge in [-0.05, 0) is 93.8 Å². The number of rotatable bonds is 14. The molecular weight excluding hydrogens is 817 g/mol. The van der Waals surface area contributed by atoms with Crippen LogP contribution in [0.1, 0.15) is 60.8 Å². The van der Waals surface area contributed by atoms with E-state index in [1.165, 1.54) is 70.9 Å². The molecule has 0 spiro atoms. The standard InChI is InChI=1S/C43H47ClFN5O11/c1-25(26-9-15-33(35(19-26)50(54)55)41(52)60-43(2,3)4)46-42(53)49-24-39(47-61-31-13-11-30(45)12-14-31)48(23-34-37(58-7)20-32(56-5)21-38(34)59-8)22-28(40(49)51)17-27-18-29(44)10-16-36(27)57-6/h9-16,18-21,25,28H,17,22-24H2,1-8H3,(H,46,53)/t25-,28-/m1/s1. The van der Waals surface area contributed by atoms with E-state index >= 15 is 0 Å². The van der Waals surface area contributed by atoms with E-state index in [4.69, 9.17) is 40.1 Å². The number of nitrogens with zero attached hydrogens (tertiary/aromatic N) is 4. The lowest BCUT2D eigenvalue weighted by Crippen LogP contribution is -2.48. The minimum atomic E-state index is -0.948. The molecular formula is C43H47ClFN5O11. The molecule has 0 unspecified atom stereocenters. The highest BCUT2D eigenvalue weighted by Gasteiger charge is 2.39. The highest BCUT2D eigenvalue weighted by atomic mass is 35.5. The summed E-state index contributed by atoms with van der Waals surface area (Å²) >= 11 is 6.41. The minimum absolute atomic E-state index is 0.0257. The predicted molar refractivity (Wildman–Crippen MR) is 223 cm³/mol. The van der Waals surface area contributed by atoms with Gasteiger partial charge in [-0.25, -0.2) is 14.0 Å². The molecule has 5 rings (SSSR count).